The van der Waals surface area contributed by atoms with Gasteiger partial charge < -0.3 is 5.11 Å². The van der Waals surface area contributed by atoms with E-state index in [0.717, 1.165) is 30.2 Å². The lowest BCUT2D eigenvalue weighted by atomic mass is 9.78. The van der Waals surface area contributed by atoms with Crippen molar-refractivity contribution in [3.63, 3.8) is 0 Å². The summed E-state index contributed by atoms with van der Waals surface area (Å²) < 4.78 is 0. The van der Waals surface area contributed by atoms with Gasteiger partial charge in [0.25, 0.3) is 0 Å². The number of aryl methyl sites for hydroxylation is 1. The van der Waals surface area contributed by atoms with Crippen molar-refractivity contribution in [2.24, 2.45) is 11.8 Å². The summed E-state index contributed by atoms with van der Waals surface area (Å²) in [4.78, 5) is 11.2. The Labute approximate surface area is 122 Å². The van der Waals surface area contributed by atoms with E-state index in [0.29, 0.717) is 5.56 Å². The Kier molecular flexibility index (Phi) is 5.63. The van der Waals surface area contributed by atoms with E-state index in [1.807, 2.05) is 18.2 Å². The first kappa shape index (κ1) is 15.1. The first-order chi connectivity index (χ1) is 9.70. The molecule has 1 N–H and O–H groups in total. The molecule has 0 saturated heterocycles. The third-order valence-electron chi connectivity index (χ3n) is 4.73. The zero-order valence-electron chi connectivity index (χ0n) is 12.5. The number of carboxylic acids is 1. The standard InChI is InChI=1S/C18H26O2/c1-2-5-14-8-10-15(11-9-14)12-13-16-6-3-4-7-17(16)18(19)20/h3-4,6-7,14-15H,2,5,8-13H2,1H3,(H,19,20)/t14-,15-. The van der Waals surface area contributed by atoms with Crippen molar-refractivity contribution in [1.82, 2.24) is 0 Å². The van der Waals surface area contributed by atoms with Crippen molar-refractivity contribution in [2.75, 3.05) is 0 Å². The molecule has 110 valence electrons. The topological polar surface area (TPSA) is 37.3 Å². The van der Waals surface area contributed by atoms with Crippen molar-refractivity contribution in [3.05, 3.63) is 35.4 Å². The zero-order chi connectivity index (χ0) is 14.4. The monoisotopic (exact) mass is 274 g/mol. The largest absolute Gasteiger partial charge is 0.478 e. The van der Waals surface area contributed by atoms with E-state index in [4.69, 9.17) is 0 Å². The quantitative estimate of drug-likeness (QED) is 0.799. The second-order valence-electron chi connectivity index (χ2n) is 6.18. The predicted octanol–water partition coefficient (Wildman–Crippen LogP) is 4.92. The Balaban J connectivity index is 1.83. The number of hydrogen-bond donors (Lipinski definition) is 1. The average molecular weight is 274 g/mol. The Morgan fingerprint density at radius 1 is 1.10 bits per heavy atom. The SMILES string of the molecule is CCC[C@H]1CC[C@H](CCc2ccccc2C(=O)O)CC1. The molecule has 0 unspecified atom stereocenters. The van der Waals surface area contributed by atoms with Crippen LogP contribution in [0.1, 0.15) is 67.8 Å². The van der Waals surface area contributed by atoms with E-state index in [9.17, 15) is 9.90 Å². The molecule has 0 amide bonds. The van der Waals surface area contributed by atoms with Crippen molar-refractivity contribution < 1.29 is 9.90 Å². The van der Waals surface area contributed by atoms with Gasteiger partial charge in [-0.2, -0.15) is 0 Å². The minimum Gasteiger partial charge on any atom is -0.478 e. The first-order valence-electron chi connectivity index (χ1n) is 8.02. The molecule has 1 aromatic carbocycles. The number of aromatic carboxylic acids is 1. The van der Waals surface area contributed by atoms with Gasteiger partial charge in [-0.25, -0.2) is 4.79 Å². The third kappa shape index (κ3) is 4.09. The number of carboxylic acid groups (broad SMARTS) is 1. The predicted molar refractivity (Wildman–Crippen MR) is 82.1 cm³/mol. The Hall–Kier alpha value is -1.31. The van der Waals surface area contributed by atoms with Crippen molar-refractivity contribution in [3.8, 4) is 0 Å². The van der Waals surface area contributed by atoms with Gasteiger partial charge in [0.15, 0.2) is 0 Å². The lowest BCUT2D eigenvalue weighted by molar-refractivity contribution is 0.0695. The normalized spacial score (nSPS) is 22.6. The number of benzene rings is 1. The Bertz CT molecular complexity index is 431. The van der Waals surface area contributed by atoms with Gasteiger partial charge >= 0.3 is 5.97 Å². The van der Waals surface area contributed by atoms with Gasteiger partial charge in [-0.1, -0.05) is 63.6 Å². The summed E-state index contributed by atoms with van der Waals surface area (Å²) in [6.07, 6.45) is 10.2. The average Bonchev–Trinajstić information content (AvgIpc) is 2.47. The lowest BCUT2D eigenvalue weighted by Crippen LogP contribution is -2.15. The molecular weight excluding hydrogens is 248 g/mol. The first-order valence-corrected chi connectivity index (χ1v) is 8.02. The van der Waals surface area contributed by atoms with Crippen LogP contribution in [0.15, 0.2) is 24.3 Å². The van der Waals surface area contributed by atoms with Crippen LogP contribution >= 0.6 is 0 Å². The van der Waals surface area contributed by atoms with Gasteiger partial charge in [0, 0.05) is 0 Å². The van der Waals surface area contributed by atoms with Crippen LogP contribution < -0.4 is 0 Å². The van der Waals surface area contributed by atoms with Gasteiger partial charge in [-0.15, -0.1) is 0 Å². The summed E-state index contributed by atoms with van der Waals surface area (Å²) in [5.41, 5.74) is 1.47. The summed E-state index contributed by atoms with van der Waals surface area (Å²) in [5, 5.41) is 9.20. The van der Waals surface area contributed by atoms with E-state index >= 15 is 0 Å². The molecule has 0 atom stereocenters. The van der Waals surface area contributed by atoms with Crippen LogP contribution in [0.3, 0.4) is 0 Å². The smallest absolute Gasteiger partial charge is 0.335 e. The van der Waals surface area contributed by atoms with Crippen LogP contribution in [0, 0.1) is 11.8 Å². The molecule has 0 heterocycles. The summed E-state index contributed by atoms with van der Waals surface area (Å²) in [7, 11) is 0. The maximum Gasteiger partial charge on any atom is 0.335 e. The minimum absolute atomic E-state index is 0.479. The van der Waals surface area contributed by atoms with E-state index in [1.165, 1.54) is 38.5 Å². The Morgan fingerprint density at radius 3 is 2.30 bits per heavy atom. The van der Waals surface area contributed by atoms with Crippen molar-refractivity contribution in [2.45, 2.75) is 58.3 Å². The fourth-order valence-corrected chi connectivity index (χ4v) is 3.52. The summed E-state index contributed by atoms with van der Waals surface area (Å²) in [6, 6.07) is 7.44. The molecule has 2 rings (SSSR count). The molecular formula is C18H26O2. The highest BCUT2D eigenvalue weighted by molar-refractivity contribution is 5.89. The highest BCUT2D eigenvalue weighted by Gasteiger charge is 2.20. The van der Waals surface area contributed by atoms with Crippen LogP contribution in [-0.2, 0) is 6.42 Å². The molecule has 2 heteroatoms. The zero-order valence-corrected chi connectivity index (χ0v) is 12.5. The minimum atomic E-state index is -0.799. The summed E-state index contributed by atoms with van der Waals surface area (Å²) in [6.45, 7) is 2.27. The number of carbonyl (C=O) groups is 1. The summed E-state index contributed by atoms with van der Waals surface area (Å²) in [5.74, 6) is 0.944. The molecule has 0 spiro atoms. The van der Waals surface area contributed by atoms with Gasteiger partial charge in [0.05, 0.1) is 5.56 Å². The maximum absolute atomic E-state index is 11.2. The Morgan fingerprint density at radius 2 is 1.70 bits per heavy atom. The van der Waals surface area contributed by atoms with E-state index in [1.54, 1.807) is 6.07 Å². The second kappa shape index (κ2) is 7.47. The second-order valence-corrected chi connectivity index (χ2v) is 6.18. The fraction of sp³-hybridized carbons (Fsp3) is 0.611. The highest BCUT2D eigenvalue weighted by atomic mass is 16.4. The van der Waals surface area contributed by atoms with Crippen LogP contribution in [0.2, 0.25) is 0 Å². The number of hydrogen-bond acceptors (Lipinski definition) is 1. The van der Waals surface area contributed by atoms with Gasteiger partial charge in [-0.05, 0) is 36.3 Å². The maximum atomic E-state index is 11.2. The van der Waals surface area contributed by atoms with Gasteiger partial charge in [-0.3, -0.25) is 0 Å². The van der Waals surface area contributed by atoms with Crippen molar-refractivity contribution in [1.29, 1.82) is 0 Å². The molecule has 1 saturated carbocycles. The van der Waals surface area contributed by atoms with Gasteiger partial charge in [0.2, 0.25) is 0 Å². The third-order valence-corrected chi connectivity index (χ3v) is 4.73. The van der Waals surface area contributed by atoms with E-state index in [2.05, 4.69) is 6.92 Å². The van der Waals surface area contributed by atoms with Crippen LogP contribution in [-0.4, -0.2) is 11.1 Å². The van der Waals surface area contributed by atoms with E-state index < -0.39 is 5.97 Å². The fourth-order valence-electron chi connectivity index (χ4n) is 3.52. The van der Waals surface area contributed by atoms with Crippen LogP contribution in [0.5, 0.6) is 0 Å². The molecule has 1 aliphatic rings. The molecule has 1 fully saturated rings. The molecule has 0 bridgehead atoms. The molecule has 2 nitrogen and oxygen atoms in total. The molecule has 20 heavy (non-hydrogen) atoms. The van der Waals surface area contributed by atoms with E-state index in [-0.39, 0.29) is 0 Å². The molecule has 1 aromatic rings. The molecule has 1 aliphatic carbocycles. The number of rotatable bonds is 6. The highest BCUT2D eigenvalue weighted by Crippen LogP contribution is 2.34. The molecule has 0 radical (unpaired) electrons. The van der Waals surface area contributed by atoms with Crippen molar-refractivity contribution >= 4 is 5.97 Å². The molecule has 0 aliphatic heterocycles. The molecule has 0 aromatic heterocycles. The van der Waals surface area contributed by atoms with Gasteiger partial charge in [0.1, 0.15) is 0 Å². The van der Waals surface area contributed by atoms with Crippen LogP contribution in [0.4, 0.5) is 0 Å². The lowest BCUT2D eigenvalue weighted by Gasteiger charge is -2.28. The van der Waals surface area contributed by atoms with Crippen LogP contribution in [0.25, 0.3) is 0 Å². The summed E-state index contributed by atoms with van der Waals surface area (Å²) >= 11 is 0.